The van der Waals surface area contributed by atoms with Crippen LogP contribution in [0.4, 0.5) is 4.79 Å². The van der Waals surface area contributed by atoms with Crippen LogP contribution in [0, 0.1) is 5.92 Å². The fourth-order valence-corrected chi connectivity index (χ4v) is 4.52. The van der Waals surface area contributed by atoms with Crippen molar-refractivity contribution in [1.29, 1.82) is 0 Å². The van der Waals surface area contributed by atoms with Gasteiger partial charge in [0.15, 0.2) is 0 Å². The van der Waals surface area contributed by atoms with Crippen LogP contribution >= 0.6 is 11.3 Å². The molecule has 2 aliphatic rings. The van der Waals surface area contributed by atoms with Crippen molar-refractivity contribution >= 4 is 17.4 Å². The second kappa shape index (κ2) is 7.47. The number of hydrogen-bond acceptors (Lipinski definition) is 3. The van der Waals surface area contributed by atoms with E-state index in [9.17, 15) is 4.79 Å². The SMILES string of the molecule is C[C@@H]1CCC[C@@H](NC(=O)NCCN2CCc3sccc3C2)C1. The second-order valence-electron chi connectivity index (χ2n) is 6.76. The van der Waals surface area contributed by atoms with Crippen LogP contribution in [0.3, 0.4) is 0 Å². The molecule has 22 heavy (non-hydrogen) atoms. The second-order valence-corrected chi connectivity index (χ2v) is 7.76. The maximum Gasteiger partial charge on any atom is 0.315 e. The van der Waals surface area contributed by atoms with Crippen LogP contribution in [-0.4, -0.2) is 36.6 Å². The van der Waals surface area contributed by atoms with Crippen LogP contribution in [0.5, 0.6) is 0 Å². The lowest BCUT2D eigenvalue weighted by Crippen LogP contribution is -2.46. The number of nitrogens with zero attached hydrogens (tertiary/aromatic N) is 1. The Balaban J connectivity index is 1.34. The molecule has 1 aliphatic heterocycles. The Kier molecular flexibility index (Phi) is 5.37. The van der Waals surface area contributed by atoms with Gasteiger partial charge in [0.05, 0.1) is 0 Å². The standard InChI is InChI=1S/C17H27N3OS/c1-13-3-2-4-15(11-13)19-17(21)18-7-9-20-8-5-16-14(12-20)6-10-22-16/h6,10,13,15H,2-5,7-9,11-12H2,1H3,(H2,18,19,21)/t13-,15-/m1/s1. The highest BCUT2D eigenvalue weighted by Crippen LogP contribution is 2.24. The molecule has 4 nitrogen and oxygen atoms in total. The minimum atomic E-state index is 0.00679. The first-order valence-electron chi connectivity index (χ1n) is 8.52. The average molecular weight is 321 g/mol. The predicted octanol–water partition coefficient (Wildman–Crippen LogP) is 2.98. The molecule has 1 aliphatic carbocycles. The zero-order valence-corrected chi connectivity index (χ0v) is 14.3. The van der Waals surface area contributed by atoms with Gasteiger partial charge >= 0.3 is 6.03 Å². The molecule has 0 unspecified atom stereocenters. The van der Waals surface area contributed by atoms with Crippen LogP contribution in [0.15, 0.2) is 11.4 Å². The summed E-state index contributed by atoms with van der Waals surface area (Å²) in [5, 5.41) is 8.34. The van der Waals surface area contributed by atoms with Gasteiger partial charge in [0.1, 0.15) is 0 Å². The molecule has 2 N–H and O–H groups in total. The lowest BCUT2D eigenvalue weighted by Gasteiger charge is -2.28. The van der Waals surface area contributed by atoms with Gasteiger partial charge in [0.2, 0.25) is 0 Å². The monoisotopic (exact) mass is 321 g/mol. The molecule has 3 rings (SSSR count). The van der Waals surface area contributed by atoms with Crippen LogP contribution in [-0.2, 0) is 13.0 Å². The Labute approximate surface area is 137 Å². The Hall–Kier alpha value is -1.07. The number of rotatable bonds is 4. The van der Waals surface area contributed by atoms with Crippen LogP contribution in [0.1, 0.15) is 43.0 Å². The summed E-state index contributed by atoms with van der Waals surface area (Å²) in [7, 11) is 0. The van der Waals surface area contributed by atoms with Gasteiger partial charge < -0.3 is 10.6 Å². The summed E-state index contributed by atoms with van der Waals surface area (Å²) < 4.78 is 0. The highest BCUT2D eigenvalue weighted by atomic mass is 32.1. The number of urea groups is 1. The molecular weight excluding hydrogens is 294 g/mol. The summed E-state index contributed by atoms with van der Waals surface area (Å²) in [5.74, 6) is 0.743. The molecule has 1 saturated carbocycles. The molecule has 2 heterocycles. The van der Waals surface area contributed by atoms with Crippen LogP contribution in [0.2, 0.25) is 0 Å². The Morgan fingerprint density at radius 1 is 1.45 bits per heavy atom. The first-order chi connectivity index (χ1) is 10.7. The van der Waals surface area contributed by atoms with E-state index in [1.54, 1.807) is 0 Å². The first-order valence-corrected chi connectivity index (χ1v) is 9.40. The van der Waals surface area contributed by atoms with Crippen molar-refractivity contribution in [3.05, 3.63) is 21.9 Å². The molecule has 0 saturated heterocycles. The van der Waals surface area contributed by atoms with Gasteiger partial charge in [-0.1, -0.05) is 19.8 Å². The number of fused-ring (bicyclic) bond motifs is 1. The van der Waals surface area contributed by atoms with E-state index < -0.39 is 0 Å². The lowest BCUT2D eigenvalue weighted by molar-refractivity contribution is 0.220. The average Bonchev–Trinajstić information content (AvgIpc) is 2.95. The third-order valence-corrected chi connectivity index (χ3v) is 5.89. The molecule has 2 atom stereocenters. The van der Waals surface area contributed by atoms with Crippen molar-refractivity contribution in [2.24, 2.45) is 5.92 Å². The molecule has 0 bridgehead atoms. The number of amides is 2. The van der Waals surface area contributed by atoms with Crippen molar-refractivity contribution in [2.75, 3.05) is 19.6 Å². The molecule has 2 amide bonds. The van der Waals surface area contributed by atoms with Gasteiger partial charge in [-0.25, -0.2) is 4.79 Å². The molecule has 1 aromatic heterocycles. The number of hydrogen-bond donors (Lipinski definition) is 2. The lowest BCUT2D eigenvalue weighted by atomic mass is 9.87. The van der Waals surface area contributed by atoms with Crippen LogP contribution in [0.25, 0.3) is 0 Å². The highest BCUT2D eigenvalue weighted by molar-refractivity contribution is 7.10. The smallest absolute Gasteiger partial charge is 0.315 e. The summed E-state index contributed by atoms with van der Waals surface area (Å²) in [6, 6.07) is 2.61. The van der Waals surface area contributed by atoms with Crippen molar-refractivity contribution in [3.63, 3.8) is 0 Å². The molecular formula is C17H27N3OS. The maximum absolute atomic E-state index is 12.0. The maximum atomic E-state index is 12.0. The fraction of sp³-hybridized carbons (Fsp3) is 0.706. The zero-order chi connectivity index (χ0) is 15.4. The Morgan fingerprint density at radius 3 is 3.23 bits per heavy atom. The van der Waals surface area contributed by atoms with E-state index in [-0.39, 0.29) is 6.03 Å². The quantitative estimate of drug-likeness (QED) is 0.895. The van der Waals surface area contributed by atoms with Crippen molar-refractivity contribution in [1.82, 2.24) is 15.5 Å². The zero-order valence-electron chi connectivity index (χ0n) is 13.4. The molecule has 0 aromatic carbocycles. The molecule has 5 heteroatoms. The van der Waals surface area contributed by atoms with E-state index >= 15 is 0 Å². The fourth-order valence-electron chi connectivity index (χ4n) is 3.63. The minimum Gasteiger partial charge on any atom is -0.337 e. The largest absolute Gasteiger partial charge is 0.337 e. The highest BCUT2D eigenvalue weighted by Gasteiger charge is 2.20. The number of carbonyl (C=O) groups is 1. The molecule has 0 spiro atoms. The van der Waals surface area contributed by atoms with Gasteiger partial charge in [-0.05, 0) is 42.2 Å². The summed E-state index contributed by atoms with van der Waals surface area (Å²) in [6.45, 7) is 6.08. The van der Waals surface area contributed by atoms with E-state index in [1.165, 1.54) is 23.3 Å². The summed E-state index contributed by atoms with van der Waals surface area (Å²) in [4.78, 5) is 15.9. The predicted molar refractivity (Wildman–Crippen MR) is 91.3 cm³/mol. The van der Waals surface area contributed by atoms with Gasteiger partial charge in [0, 0.05) is 37.1 Å². The van der Waals surface area contributed by atoms with E-state index in [4.69, 9.17) is 0 Å². The molecule has 1 aromatic rings. The van der Waals surface area contributed by atoms with Crippen molar-refractivity contribution in [3.8, 4) is 0 Å². The first kappa shape index (κ1) is 15.8. The third kappa shape index (κ3) is 4.23. The number of nitrogens with one attached hydrogen (secondary N) is 2. The van der Waals surface area contributed by atoms with Crippen molar-refractivity contribution < 1.29 is 4.79 Å². The van der Waals surface area contributed by atoms with Crippen LogP contribution < -0.4 is 10.6 Å². The van der Waals surface area contributed by atoms with Gasteiger partial charge in [-0.3, -0.25) is 4.90 Å². The summed E-state index contributed by atoms with van der Waals surface area (Å²) in [6.07, 6.45) is 5.95. The third-order valence-electron chi connectivity index (χ3n) is 4.87. The molecule has 0 radical (unpaired) electrons. The topological polar surface area (TPSA) is 44.4 Å². The van der Waals surface area contributed by atoms with Crippen molar-refractivity contribution in [2.45, 2.75) is 51.6 Å². The van der Waals surface area contributed by atoms with E-state index in [1.807, 2.05) is 11.3 Å². The minimum absolute atomic E-state index is 0.00679. The number of thiophene rings is 1. The van der Waals surface area contributed by atoms with E-state index in [0.717, 1.165) is 51.4 Å². The summed E-state index contributed by atoms with van der Waals surface area (Å²) in [5.41, 5.74) is 1.47. The van der Waals surface area contributed by atoms with Gasteiger partial charge in [-0.15, -0.1) is 11.3 Å². The molecule has 1 fully saturated rings. The summed E-state index contributed by atoms with van der Waals surface area (Å²) >= 11 is 1.87. The van der Waals surface area contributed by atoms with Gasteiger partial charge in [-0.2, -0.15) is 0 Å². The van der Waals surface area contributed by atoms with Gasteiger partial charge in [0.25, 0.3) is 0 Å². The van der Waals surface area contributed by atoms with E-state index in [2.05, 4.69) is 33.9 Å². The van der Waals surface area contributed by atoms with E-state index in [0.29, 0.717) is 6.04 Å². The molecule has 122 valence electrons. The Bertz CT molecular complexity index is 502. The normalized spacial score (nSPS) is 25.5. The Morgan fingerprint density at radius 2 is 2.36 bits per heavy atom. The number of carbonyl (C=O) groups excluding carboxylic acids is 1.